The molecule has 1 saturated heterocycles. The van der Waals surface area contributed by atoms with Crippen molar-refractivity contribution in [3.05, 3.63) is 11.8 Å². The molecule has 0 saturated carbocycles. The molecule has 0 aliphatic carbocycles. The van der Waals surface area contributed by atoms with Crippen molar-refractivity contribution in [2.75, 3.05) is 26.2 Å². The first kappa shape index (κ1) is 16.4. The van der Waals surface area contributed by atoms with Gasteiger partial charge in [-0.3, -0.25) is 5.10 Å². The summed E-state index contributed by atoms with van der Waals surface area (Å²) >= 11 is 0. The lowest BCUT2D eigenvalue weighted by Crippen LogP contribution is -2.41. The second-order valence-electron chi connectivity index (χ2n) is 5.53. The van der Waals surface area contributed by atoms with Gasteiger partial charge in [0, 0.05) is 24.7 Å². The largest absolute Gasteiger partial charge is 0.313 e. The van der Waals surface area contributed by atoms with Gasteiger partial charge in [-0.05, 0) is 39.4 Å². The van der Waals surface area contributed by atoms with E-state index >= 15 is 0 Å². The second kappa shape index (κ2) is 7.35. The molecule has 7 nitrogen and oxygen atoms in total. The average molecular weight is 315 g/mol. The van der Waals surface area contributed by atoms with E-state index in [2.05, 4.69) is 25.1 Å². The zero-order chi connectivity index (χ0) is 15.3. The Morgan fingerprint density at radius 1 is 1.43 bits per heavy atom. The van der Waals surface area contributed by atoms with Crippen LogP contribution in [0.25, 0.3) is 0 Å². The molecule has 21 heavy (non-hydrogen) atoms. The summed E-state index contributed by atoms with van der Waals surface area (Å²) in [6.07, 6.45) is 3.96. The minimum atomic E-state index is -3.55. The van der Waals surface area contributed by atoms with Crippen molar-refractivity contribution >= 4 is 10.0 Å². The highest BCUT2D eigenvalue weighted by Gasteiger charge is 2.24. The van der Waals surface area contributed by atoms with Crippen molar-refractivity contribution in [1.82, 2.24) is 25.1 Å². The first-order valence-electron chi connectivity index (χ1n) is 7.50. The number of hydrogen-bond donors (Lipinski definition) is 3. The first-order valence-corrected chi connectivity index (χ1v) is 8.99. The molecular formula is C13H25N5O2S. The van der Waals surface area contributed by atoms with Gasteiger partial charge >= 0.3 is 0 Å². The number of sulfonamides is 1. The fourth-order valence-electron chi connectivity index (χ4n) is 2.63. The van der Waals surface area contributed by atoms with Gasteiger partial charge in [-0.25, -0.2) is 13.1 Å². The summed E-state index contributed by atoms with van der Waals surface area (Å²) < 4.78 is 27.6. The van der Waals surface area contributed by atoms with Crippen molar-refractivity contribution in [2.45, 2.75) is 44.3 Å². The molecule has 1 aliphatic rings. The minimum absolute atomic E-state index is 0.122. The molecule has 3 N–H and O–H groups in total. The van der Waals surface area contributed by atoms with Crippen molar-refractivity contribution in [2.24, 2.45) is 0 Å². The Kier molecular flexibility index (Phi) is 5.74. The number of likely N-dealkylation sites (tertiary alicyclic amines) is 1. The topological polar surface area (TPSA) is 90.1 Å². The SMILES string of the molecule is CCNCc1cn[nH]c1S(=O)(=O)NC(C)CN1CCCC1. The van der Waals surface area contributed by atoms with Gasteiger partial charge in [0.05, 0.1) is 6.20 Å². The van der Waals surface area contributed by atoms with Gasteiger partial charge in [-0.15, -0.1) is 0 Å². The Morgan fingerprint density at radius 3 is 2.81 bits per heavy atom. The van der Waals surface area contributed by atoms with Gasteiger partial charge in [0.1, 0.15) is 0 Å². The zero-order valence-corrected chi connectivity index (χ0v) is 13.5. The number of aromatic nitrogens is 2. The smallest absolute Gasteiger partial charge is 0.258 e. The van der Waals surface area contributed by atoms with Crippen LogP contribution in [-0.2, 0) is 16.6 Å². The molecule has 0 spiro atoms. The van der Waals surface area contributed by atoms with Gasteiger partial charge in [0.25, 0.3) is 10.0 Å². The van der Waals surface area contributed by atoms with Gasteiger partial charge in [0.2, 0.25) is 0 Å². The van der Waals surface area contributed by atoms with E-state index in [9.17, 15) is 8.42 Å². The molecule has 2 rings (SSSR count). The van der Waals surface area contributed by atoms with Gasteiger partial charge in [-0.1, -0.05) is 6.92 Å². The Balaban J connectivity index is 1.98. The highest BCUT2D eigenvalue weighted by molar-refractivity contribution is 7.89. The van der Waals surface area contributed by atoms with Gasteiger partial charge < -0.3 is 10.2 Å². The van der Waals surface area contributed by atoms with Crippen molar-refractivity contribution in [3.8, 4) is 0 Å². The van der Waals surface area contributed by atoms with E-state index in [1.54, 1.807) is 6.20 Å². The molecule has 0 bridgehead atoms. The third-order valence-corrected chi connectivity index (χ3v) is 5.20. The van der Waals surface area contributed by atoms with Crippen LogP contribution >= 0.6 is 0 Å². The number of nitrogens with one attached hydrogen (secondary N) is 3. The molecule has 1 aromatic heterocycles. The molecule has 120 valence electrons. The maximum absolute atomic E-state index is 12.4. The van der Waals surface area contributed by atoms with Crippen molar-refractivity contribution < 1.29 is 8.42 Å². The zero-order valence-electron chi connectivity index (χ0n) is 12.7. The molecule has 1 aliphatic heterocycles. The van der Waals surface area contributed by atoms with E-state index in [4.69, 9.17) is 0 Å². The van der Waals surface area contributed by atoms with E-state index < -0.39 is 10.0 Å². The van der Waals surface area contributed by atoms with Crippen LogP contribution in [-0.4, -0.2) is 55.7 Å². The molecule has 0 radical (unpaired) electrons. The number of H-pyrrole nitrogens is 1. The summed E-state index contributed by atoms with van der Waals surface area (Å²) in [6, 6.07) is -0.122. The van der Waals surface area contributed by atoms with Gasteiger partial charge in [0.15, 0.2) is 5.03 Å². The second-order valence-corrected chi connectivity index (χ2v) is 7.19. The van der Waals surface area contributed by atoms with Crippen LogP contribution in [0.1, 0.15) is 32.3 Å². The molecule has 0 amide bonds. The summed E-state index contributed by atoms with van der Waals surface area (Å²) in [4.78, 5) is 2.29. The normalized spacial score (nSPS) is 18.2. The van der Waals surface area contributed by atoms with Gasteiger partial charge in [-0.2, -0.15) is 5.10 Å². The number of rotatable bonds is 8. The van der Waals surface area contributed by atoms with Crippen LogP contribution in [0.5, 0.6) is 0 Å². The number of nitrogens with zero attached hydrogens (tertiary/aromatic N) is 2. The molecule has 1 fully saturated rings. The molecular weight excluding hydrogens is 290 g/mol. The molecule has 1 unspecified atom stereocenters. The minimum Gasteiger partial charge on any atom is -0.313 e. The predicted octanol–water partition coefficient (Wildman–Crippen LogP) is 0.282. The Labute approximate surface area is 126 Å². The van der Waals surface area contributed by atoms with Crippen LogP contribution in [0.15, 0.2) is 11.2 Å². The van der Waals surface area contributed by atoms with Crippen LogP contribution < -0.4 is 10.0 Å². The lowest BCUT2D eigenvalue weighted by molar-refractivity contribution is 0.312. The lowest BCUT2D eigenvalue weighted by Gasteiger charge is -2.21. The Bertz CT molecular complexity index is 537. The van der Waals surface area contributed by atoms with Crippen molar-refractivity contribution in [3.63, 3.8) is 0 Å². The molecule has 1 aromatic rings. The third-order valence-electron chi connectivity index (χ3n) is 3.60. The number of hydrogen-bond acceptors (Lipinski definition) is 5. The standard InChI is InChI=1S/C13H25N5O2S/c1-3-14-8-12-9-15-16-13(12)21(19,20)17-11(2)10-18-6-4-5-7-18/h9,11,14,17H,3-8,10H2,1-2H3,(H,15,16). The summed E-state index contributed by atoms with van der Waals surface area (Å²) in [7, 11) is -3.55. The summed E-state index contributed by atoms with van der Waals surface area (Å²) in [5.41, 5.74) is 0.665. The fourth-order valence-corrected chi connectivity index (χ4v) is 4.00. The number of aromatic amines is 1. The maximum atomic E-state index is 12.4. The predicted molar refractivity (Wildman–Crippen MR) is 81.4 cm³/mol. The van der Waals surface area contributed by atoms with Crippen LogP contribution in [0.2, 0.25) is 0 Å². The molecule has 2 heterocycles. The van der Waals surface area contributed by atoms with E-state index in [0.29, 0.717) is 12.1 Å². The van der Waals surface area contributed by atoms with E-state index in [1.807, 2.05) is 13.8 Å². The van der Waals surface area contributed by atoms with Crippen molar-refractivity contribution in [1.29, 1.82) is 0 Å². The van der Waals surface area contributed by atoms with E-state index in [0.717, 1.165) is 26.2 Å². The summed E-state index contributed by atoms with van der Waals surface area (Å²) in [6.45, 7) is 8.01. The summed E-state index contributed by atoms with van der Waals surface area (Å²) in [5.74, 6) is 0. The summed E-state index contributed by atoms with van der Waals surface area (Å²) in [5, 5.41) is 9.74. The van der Waals surface area contributed by atoms with E-state index in [1.165, 1.54) is 12.8 Å². The monoisotopic (exact) mass is 315 g/mol. The average Bonchev–Trinajstić information content (AvgIpc) is 3.06. The fraction of sp³-hybridized carbons (Fsp3) is 0.769. The highest BCUT2D eigenvalue weighted by atomic mass is 32.2. The van der Waals surface area contributed by atoms with Crippen LogP contribution in [0.4, 0.5) is 0 Å². The Hall–Kier alpha value is -0.960. The molecule has 8 heteroatoms. The Morgan fingerprint density at radius 2 is 2.14 bits per heavy atom. The highest BCUT2D eigenvalue weighted by Crippen LogP contribution is 2.13. The van der Waals surface area contributed by atoms with E-state index in [-0.39, 0.29) is 11.1 Å². The maximum Gasteiger partial charge on any atom is 0.258 e. The quantitative estimate of drug-likeness (QED) is 0.641. The molecule has 0 aromatic carbocycles. The molecule has 1 atom stereocenters. The lowest BCUT2D eigenvalue weighted by atomic mass is 10.3. The third kappa shape index (κ3) is 4.50. The van der Waals surface area contributed by atoms with Crippen LogP contribution in [0.3, 0.4) is 0 Å². The van der Waals surface area contributed by atoms with Crippen LogP contribution in [0, 0.1) is 0 Å². The first-order chi connectivity index (χ1) is 10.0.